The van der Waals surface area contributed by atoms with Gasteiger partial charge in [-0.25, -0.2) is 0 Å². The molecule has 1 heterocycles. The van der Waals surface area contributed by atoms with Crippen molar-refractivity contribution in [2.24, 2.45) is 5.10 Å². The second kappa shape index (κ2) is 6.19. The summed E-state index contributed by atoms with van der Waals surface area (Å²) in [6, 6.07) is 3.23. The number of rotatable bonds is 4. The molecule has 0 atom stereocenters. The molecule has 0 spiro atoms. The maximum Gasteiger partial charge on any atom is 0.216 e. The maximum atomic E-state index is 9.77. The number of ether oxygens (including phenoxy) is 1. The number of aryl methyl sites for hydroxylation is 1. The maximum absolute atomic E-state index is 9.77. The lowest BCUT2D eigenvalue weighted by Gasteiger charge is -2.06. The molecule has 8 heteroatoms. The zero-order valence-corrected chi connectivity index (χ0v) is 13.3. The molecule has 0 radical (unpaired) electrons. The van der Waals surface area contributed by atoms with E-state index in [1.54, 1.807) is 23.0 Å². The van der Waals surface area contributed by atoms with E-state index < -0.39 is 0 Å². The molecule has 0 amide bonds. The molecule has 0 fully saturated rings. The molecule has 2 N–H and O–H groups in total. The first-order valence-electron chi connectivity index (χ1n) is 5.84. The predicted octanol–water partition coefficient (Wildman–Crippen LogP) is 2.86. The number of nitrogens with zero attached hydrogens (tertiary/aromatic N) is 3. The quantitative estimate of drug-likeness (QED) is 0.652. The third-order valence-corrected chi connectivity index (χ3v) is 3.60. The standard InChI is InChI=1S/C12H13BrN4O2S/c1-3-11-15-16-12(20)17(11)14-6-7-4-9(18)10(19-2)5-8(7)13/h4-6,18H,3H2,1-2H3,(H,16,20)/b14-6-. The van der Waals surface area contributed by atoms with Gasteiger partial charge in [0.2, 0.25) is 4.77 Å². The number of halogens is 1. The molecule has 2 aromatic rings. The molecule has 2 rings (SSSR count). The number of methoxy groups -OCH3 is 1. The molecule has 0 aliphatic heterocycles. The van der Waals surface area contributed by atoms with Crippen molar-refractivity contribution in [2.45, 2.75) is 13.3 Å². The van der Waals surface area contributed by atoms with Crippen LogP contribution in [0.2, 0.25) is 0 Å². The molecule has 0 saturated heterocycles. The summed E-state index contributed by atoms with van der Waals surface area (Å²) in [6.45, 7) is 1.96. The van der Waals surface area contributed by atoms with E-state index in [-0.39, 0.29) is 5.75 Å². The lowest BCUT2D eigenvalue weighted by Crippen LogP contribution is -1.98. The van der Waals surface area contributed by atoms with Crippen LogP contribution in [0.3, 0.4) is 0 Å². The molecule has 0 saturated carbocycles. The van der Waals surface area contributed by atoms with Crippen LogP contribution in [-0.2, 0) is 6.42 Å². The molecule has 0 aliphatic carbocycles. The lowest BCUT2D eigenvalue weighted by atomic mass is 10.2. The van der Waals surface area contributed by atoms with Crippen LogP contribution in [0.4, 0.5) is 0 Å². The Kier molecular flexibility index (Phi) is 4.56. The third-order valence-electron chi connectivity index (χ3n) is 2.64. The van der Waals surface area contributed by atoms with Crippen LogP contribution < -0.4 is 4.74 Å². The fourth-order valence-corrected chi connectivity index (χ4v) is 2.24. The highest BCUT2D eigenvalue weighted by molar-refractivity contribution is 9.10. The van der Waals surface area contributed by atoms with Crippen molar-refractivity contribution in [3.05, 3.63) is 32.8 Å². The number of aromatic hydroxyl groups is 1. The number of aromatic nitrogens is 3. The van der Waals surface area contributed by atoms with E-state index in [9.17, 15) is 5.11 Å². The minimum atomic E-state index is 0.0451. The van der Waals surface area contributed by atoms with Crippen molar-refractivity contribution in [3.63, 3.8) is 0 Å². The Labute approximate surface area is 129 Å². The summed E-state index contributed by atoms with van der Waals surface area (Å²) >= 11 is 8.50. The van der Waals surface area contributed by atoms with Crippen LogP contribution in [0.15, 0.2) is 21.7 Å². The van der Waals surface area contributed by atoms with Gasteiger partial charge in [-0.05, 0) is 40.3 Å². The smallest absolute Gasteiger partial charge is 0.216 e. The number of nitrogens with one attached hydrogen (secondary N) is 1. The first-order valence-corrected chi connectivity index (χ1v) is 7.04. The molecular formula is C12H13BrN4O2S. The van der Waals surface area contributed by atoms with E-state index in [1.165, 1.54) is 7.11 Å². The highest BCUT2D eigenvalue weighted by Gasteiger charge is 2.07. The molecule has 0 unspecified atom stereocenters. The average molecular weight is 357 g/mol. The van der Waals surface area contributed by atoms with Gasteiger partial charge < -0.3 is 9.84 Å². The number of hydrogen-bond donors (Lipinski definition) is 2. The summed E-state index contributed by atoms with van der Waals surface area (Å²) in [6.07, 6.45) is 2.30. The minimum absolute atomic E-state index is 0.0451. The molecule has 20 heavy (non-hydrogen) atoms. The van der Waals surface area contributed by atoms with Gasteiger partial charge in [-0.2, -0.15) is 14.9 Å². The van der Waals surface area contributed by atoms with E-state index in [0.29, 0.717) is 22.5 Å². The van der Waals surface area contributed by atoms with Crippen LogP contribution in [0.1, 0.15) is 18.3 Å². The Balaban J connectivity index is 2.39. The van der Waals surface area contributed by atoms with Gasteiger partial charge in [0.15, 0.2) is 17.3 Å². The third kappa shape index (κ3) is 2.91. The second-order valence-corrected chi connectivity index (χ2v) is 5.14. The number of aromatic amines is 1. The van der Waals surface area contributed by atoms with Crippen LogP contribution in [-0.4, -0.2) is 33.3 Å². The largest absolute Gasteiger partial charge is 0.504 e. The summed E-state index contributed by atoms with van der Waals surface area (Å²) in [4.78, 5) is 0. The van der Waals surface area contributed by atoms with E-state index in [0.717, 1.165) is 10.3 Å². The van der Waals surface area contributed by atoms with Gasteiger partial charge in [-0.1, -0.05) is 6.92 Å². The van der Waals surface area contributed by atoms with Crippen molar-refractivity contribution in [2.75, 3.05) is 7.11 Å². The number of phenols is 1. The molecule has 0 bridgehead atoms. The van der Waals surface area contributed by atoms with Gasteiger partial charge in [0.25, 0.3) is 0 Å². The molecular weight excluding hydrogens is 344 g/mol. The van der Waals surface area contributed by atoms with E-state index in [4.69, 9.17) is 17.0 Å². The Bertz CT molecular complexity index is 708. The minimum Gasteiger partial charge on any atom is -0.504 e. The zero-order valence-electron chi connectivity index (χ0n) is 10.9. The lowest BCUT2D eigenvalue weighted by molar-refractivity contribution is 0.373. The molecule has 0 aliphatic rings. The van der Waals surface area contributed by atoms with Gasteiger partial charge in [-0.3, -0.25) is 5.10 Å². The van der Waals surface area contributed by atoms with Gasteiger partial charge in [-0.15, -0.1) is 0 Å². The summed E-state index contributed by atoms with van der Waals surface area (Å²) < 4.78 is 7.75. The Morgan fingerprint density at radius 3 is 3.00 bits per heavy atom. The molecule has 106 valence electrons. The summed E-state index contributed by atoms with van der Waals surface area (Å²) in [5.74, 6) is 1.17. The number of phenolic OH excluding ortho intramolecular Hbond substituents is 1. The fourth-order valence-electron chi connectivity index (χ4n) is 1.61. The summed E-state index contributed by atoms with van der Waals surface area (Å²) in [5.41, 5.74) is 0.702. The van der Waals surface area contributed by atoms with Crippen molar-refractivity contribution in [1.29, 1.82) is 0 Å². The van der Waals surface area contributed by atoms with Crippen molar-refractivity contribution in [1.82, 2.24) is 14.9 Å². The van der Waals surface area contributed by atoms with Gasteiger partial charge >= 0.3 is 0 Å². The molecule has 6 nitrogen and oxygen atoms in total. The van der Waals surface area contributed by atoms with Gasteiger partial charge in [0.05, 0.1) is 13.3 Å². The fraction of sp³-hybridized carbons (Fsp3) is 0.250. The van der Waals surface area contributed by atoms with Crippen LogP contribution in [0.25, 0.3) is 0 Å². The van der Waals surface area contributed by atoms with E-state index in [2.05, 4.69) is 31.2 Å². The molecule has 1 aromatic heterocycles. The Morgan fingerprint density at radius 2 is 2.35 bits per heavy atom. The average Bonchev–Trinajstić information content (AvgIpc) is 2.79. The van der Waals surface area contributed by atoms with Crippen molar-refractivity contribution < 1.29 is 9.84 Å². The number of H-pyrrole nitrogens is 1. The van der Waals surface area contributed by atoms with E-state index >= 15 is 0 Å². The second-order valence-electron chi connectivity index (χ2n) is 3.90. The summed E-state index contributed by atoms with van der Waals surface area (Å²) in [5, 5.41) is 20.8. The molecule has 1 aromatic carbocycles. The summed E-state index contributed by atoms with van der Waals surface area (Å²) in [7, 11) is 1.49. The van der Waals surface area contributed by atoms with E-state index in [1.807, 2.05) is 6.92 Å². The first-order chi connectivity index (χ1) is 9.56. The monoisotopic (exact) mass is 356 g/mol. The number of hydrogen-bond acceptors (Lipinski definition) is 5. The van der Waals surface area contributed by atoms with Gasteiger partial charge in [0, 0.05) is 16.5 Å². The topological polar surface area (TPSA) is 75.4 Å². The highest BCUT2D eigenvalue weighted by atomic mass is 79.9. The first kappa shape index (κ1) is 14.7. The van der Waals surface area contributed by atoms with Crippen molar-refractivity contribution in [3.8, 4) is 11.5 Å². The van der Waals surface area contributed by atoms with Crippen molar-refractivity contribution >= 4 is 34.4 Å². The Morgan fingerprint density at radius 1 is 1.60 bits per heavy atom. The SMILES string of the molecule is CCc1n[nH]c(=S)n1/N=C\c1cc(O)c(OC)cc1Br. The number of benzene rings is 1. The van der Waals surface area contributed by atoms with Crippen LogP contribution in [0, 0.1) is 4.77 Å². The highest BCUT2D eigenvalue weighted by Crippen LogP contribution is 2.31. The van der Waals surface area contributed by atoms with Crippen LogP contribution >= 0.6 is 28.1 Å². The predicted molar refractivity (Wildman–Crippen MR) is 82.1 cm³/mol. The normalized spacial score (nSPS) is 11.2. The van der Waals surface area contributed by atoms with Crippen LogP contribution in [0.5, 0.6) is 11.5 Å². The van der Waals surface area contributed by atoms with Gasteiger partial charge in [0.1, 0.15) is 0 Å². The zero-order chi connectivity index (χ0) is 14.7. The Hall–Kier alpha value is -1.67.